The van der Waals surface area contributed by atoms with Crippen LogP contribution in [0.4, 0.5) is 0 Å². The third-order valence-electron chi connectivity index (χ3n) is 2.39. The van der Waals surface area contributed by atoms with Crippen molar-refractivity contribution < 1.29 is 4.74 Å². The van der Waals surface area contributed by atoms with Gasteiger partial charge >= 0.3 is 0 Å². The lowest BCUT2D eigenvalue weighted by Crippen LogP contribution is -2.13. The molecule has 0 spiro atoms. The number of ether oxygens (including phenoxy) is 1. The molecule has 0 aliphatic rings. The van der Waals surface area contributed by atoms with Gasteiger partial charge in [0.2, 0.25) is 0 Å². The number of aromatic nitrogens is 1. The Morgan fingerprint density at radius 3 is 2.84 bits per heavy atom. The van der Waals surface area contributed by atoms with Gasteiger partial charge in [0.25, 0.3) is 0 Å². The molecule has 0 aliphatic carbocycles. The summed E-state index contributed by atoms with van der Waals surface area (Å²) in [5.41, 5.74) is 6.93. The van der Waals surface area contributed by atoms with E-state index >= 15 is 0 Å². The molecule has 19 heavy (non-hydrogen) atoms. The number of nitrogen functional groups attached to an aromatic ring is 1. The van der Waals surface area contributed by atoms with Crippen LogP contribution < -0.4 is 10.5 Å². The minimum absolute atomic E-state index is 0.0565. The minimum Gasteiger partial charge on any atom is -0.488 e. The minimum atomic E-state index is -0.0565. The van der Waals surface area contributed by atoms with Gasteiger partial charge < -0.3 is 10.5 Å². The normalized spacial score (nSPS) is 10.2. The molecule has 0 aliphatic heterocycles. The van der Waals surface area contributed by atoms with Crippen LogP contribution in [0.3, 0.4) is 0 Å². The molecule has 0 radical (unpaired) electrons. The molecule has 3 N–H and O–H groups in total. The summed E-state index contributed by atoms with van der Waals surface area (Å²) in [7, 11) is 0. The van der Waals surface area contributed by atoms with E-state index in [9.17, 15) is 0 Å². The van der Waals surface area contributed by atoms with Crippen molar-refractivity contribution in [1.82, 2.24) is 4.98 Å². The molecule has 0 atom stereocenters. The molecule has 2 rings (SSSR count). The van der Waals surface area contributed by atoms with E-state index < -0.39 is 0 Å². The second kappa shape index (κ2) is 6.04. The highest BCUT2D eigenvalue weighted by Crippen LogP contribution is 2.24. The third-order valence-corrected chi connectivity index (χ3v) is 3.06. The number of hydrogen-bond donors (Lipinski definition) is 2. The molecule has 0 saturated carbocycles. The van der Waals surface area contributed by atoms with Gasteiger partial charge in [-0.1, -0.05) is 11.6 Å². The SMILES string of the molecule is N=C(N)c1ccc(Cl)cc1OCc1cncc(Br)c1. The van der Waals surface area contributed by atoms with E-state index in [-0.39, 0.29) is 5.84 Å². The maximum absolute atomic E-state index is 7.50. The van der Waals surface area contributed by atoms with E-state index in [4.69, 9.17) is 27.5 Å². The summed E-state index contributed by atoms with van der Waals surface area (Å²) in [6, 6.07) is 6.89. The van der Waals surface area contributed by atoms with Crippen LogP contribution in [0.5, 0.6) is 5.75 Å². The van der Waals surface area contributed by atoms with Crippen LogP contribution in [0, 0.1) is 5.41 Å². The van der Waals surface area contributed by atoms with Crippen molar-refractivity contribution in [1.29, 1.82) is 5.41 Å². The lowest BCUT2D eigenvalue weighted by molar-refractivity contribution is 0.305. The monoisotopic (exact) mass is 339 g/mol. The van der Waals surface area contributed by atoms with Crippen molar-refractivity contribution in [3.05, 3.63) is 57.3 Å². The molecule has 0 bridgehead atoms. The molecule has 2 aromatic rings. The Labute approximate surface area is 124 Å². The first-order valence-corrected chi connectivity index (χ1v) is 6.59. The Morgan fingerprint density at radius 2 is 2.16 bits per heavy atom. The zero-order valence-electron chi connectivity index (χ0n) is 9.86. The van der Waals surface area contributed by atoms with Gasteiger partial charge in [0.1, 0.15) is 18.2 Å². The molecule has 1 heterocycles. The van der Waals surface area contributed by atoms with Crippen LogP contribution in [0.2, 0.25) is 5.02 Å². The fraction of sp³-hybridized carbons (Fsp3) is 0.0769. The summed E-state index contributed by atoms with van der Waals surface area (Å²) < 4.78 is 6.54. The predicted octanol–water partition coefficient (Wildman–Crippen LogP) is 3.36. The molecule has 0 amide bonds. The highest BCUT2D eigenvalue weighted by Gasteiger charge is 2.08. The van der Waals surface area contributed by atoms with E-state index in [1.54, 1.807) is 30.6 Å². The number of amidine groups is 1. The number of hydrogen-bond acceptors (Lipinski definition) is 3. The Bertz CT molecular complexity index is 619. The molecule has 1 aromatic heterocycles. The average molecular weight is 341 g/mol. The number of halogens is 2. The first-order valence-electron chi connectivity index (χ1n) is 5.42. The van der Waals surface area contributed by atoms with Gasteiger partial charge in [-0.2, -0.15) is 0 Å². The molecular weight excluding hydrogens is 330 g/mol. The van der Waals surface area contributed by atoms with Crippen molar-refractivity contribution in [2.45, 2.75) is 6.61 Å². The summed E-state index contributed by atoms with van der Waals surface area (Å²) in [6.07, 6.45) is 3.41. The predicted molar refractivity (Wildman–Crippen MR) is 78.7 cm³/mol. The number of benzene rings is 1. The van der Waals surface area contributed by atoms with Crippen LogP contribution in [0.1, 0.15) is 11.1 Å². The van der Waals surface area contributed by atoms with Crippen LogP contribution in [-0.2, 0) is 6.61 Å². The third kappa shape index (κ3) is 3.68. The Morgan fingerprint density at radius 1 is 1.37 bits per heavy atom. The number of nitrogens with two attached hydrogens (primary N) is 1. The van der Waals surface area contributed by atoms with Crippen molar-refractivity contribution in [3.8, 4) is 5.75 Å². The average Bonchev–Trinajstić information content (AvgIpc) is 2.36. The number of nitrogens with zero attached hydrogens (tertiary/aromatic N) is 1. The lowest BCUT2D eigenvalue weighted by Gasteiger charge is -2.11. The Hall–Kier alpha value is -1.59. The quantitative estimate of drug-likeness (QED) is 0.662. The highest BCUT2D eigenvalue weighted by atomic mass is 79.9. The standard InChI is InChI=1S/C13H11BrClN3O/c14-9-3-8(5-18-6-9)7-19-12-4-10(15)1-2-11(12)13(16)17/h1-6H,7H2,(H3,16,17). The van der Waals surface area contributed by atoms with Crippen LogP contribution in [0.25, 0.3) is 0 Å². The maximum atomic E-state index is 7.50. The fourth-order valence-electron chi connectivity index (χ4n) is 1.53. The molecule has 0 unspecified atom stereocenters. The number of nitrogens with one attached hydrogen (secondary N) is 1. The Kier molecular flexibility index (Phi) is 4.39. The molecule has 6 heteroatoms. The van der Waals surface area contributed by atoms with Gasteiger partial charge in [-0.3, -0.25) is 10.4 Å². The Balaban J connectivity index is 2.19. The second-order valence-corrected chi connectivity index (χ2v) is 5.21. The van der Waals surface area contributed by atoms with Crippen LogP contribution >= 0.6 is 27.5 Å². The van der Waals surface area contributed by atoms with E-state index in [2.05, 4.69) is 20.9 Å². The van der Waals surface area contributed by atoms with Crippen molar-refractivity contribution in [2.24, 2.45) is 5.73 Å². The largest absolute Gasteiger partial charge is 0.488 e. The summed E-state index contributed by atoms with van der Waals surface area (Å²) in [6.45, 7) is 0.326. The summed E-state index contributed by atoms with van der Waals surface area (Å²) >= 11 is 9.26. The van der Waals surface area contributed by atoms with E-state index in [1.165, 1.54) is 0 Å². The molecule has 0 fully saturated rings. The number of pyridine rings is 1. The molecule has 1 aromatic carbocycles. The van der Waals surface area contributed by atoms with Gasteiger partial charge in [-0.15, -0.1) is 0 Å². The molecule has 4 nitrogen and oxygen atoms in total. The first-order chi connectivity index (χ1) is 9.06. The van der Waals surface area contributed by atoms with Crippen molar-refractivity contribution >= 4 is 33.4 Å². The zero-order chi connectivity index (χ0) is 13.8. The maximum Gasteiger partial charge on any atom is 0.132 e. The van der Waals surface area contributed by atoms with Crippen molar-refractivity contribution in [2.75, 3.05) is 0 Å². The zero-order valence-corrected chi connectivity index (χ0v) is 12.2. The van der Waals surface area contributed by atoms with E-state index in [0.29, 0.717) is 22.9 Å². The topological polar surface area (TPSA) is 72.0 Å². The molecule has 98 valence electrons. The van der Waals surface area contributed by atoms with Gasteiger partial charge in [0.15, 0.2) is 0 Å². The molecule has 0 saturated heterocycles. The lowest BCUT2D eigenvalue weighted by atomic mass is 10.2. The van der Waals surface area contributed by atoms with Gasteiger partial charge in [-0.25, -0.2) is 0 Å². The van der Waals surface area contributed by atoms with E-state index in [1.807, 2.05) is 6.07 Å². The van der Waals surface area contributed by atoms with Crippen LogP contribution in [0.15, 0.2) is 41.1 Å². The van der Waals surface area contributed by atoms with Crippen molar-refractivity contribution in [3.63, 3.8) is 0 Å². The summed E-state index contributed by atoms with van der Waals surface area (Å²) in [5.74, 6) is 0.430. The van der Waals surface area contributed by atoms with E-state index in [0.717, 1.165) is 10.0 Å². The van der Waals surface area contributed by atoms with Gasteiger partial charge in [0, 0.05) is 27.5 Å². The smallest absolute Gasteiger partial charge is 0.132 e. The number of rotatable bonds is 4. The second-order valence-electron chi connectivity index (χ2n) is 3.85. The van der Waals surface area contributed by atoms with Gasteiger partial charge in [0.05, 0.1) is 5.56 Å². The summed E-state index contributed by atoms with van der Waals surface area (Å²) in [4.78, 5) is 4.05. The highest BCUT2D eigenvalue weighted by molar-refractivity contribution is 9.10. The van der Waals surface area contributed by atoms with Crippen LogP contribution in [-0.4, -0.2) is 10.8 Å². The van der Waals surface area contributed by atoms with Gasteiger partial charge in [-0.05, 0) is 40.2 Å². The summed E-state index contributed by atoms with van der Waals surface area (Å²) in [5, 5.41) is 8.03. The molecular formula is C13H11BrClN3O. The fourth-order valence-corrected chi connectivity index (χ4v) is 2.11. The first kappa shape index (κ1) is 13.8.